The molecule has 0 spiro atoms. The molecule has 0 aliphatic carbocycles. The fraction of sp³-hybridized carbons (Fsp3) is 0.250. The lowest BCUT2D eigenvalue weighted by molar-refractivity contribution is 0.997. The summed E-state index contributed by atoms with van der Waals surface area (Å²) in [6, 6.07) is 0. The third-order valence-corrected chi connectivity index (χ3v) is 2.16. The molecule has 0 aromatic carbocycles. The van der Waals surface area contributed by atoms with E-state index in [0.29, 0.717) is 0 Å². The Morgan fingerprint density at radius 2 is 2.27 bits per heavy atom. The summed E-state index contributed by atoms with van der Waals surface area (Å²) in [6.07, 6.45) is 5.37. The Labute approximate surface area is 70.8 Å². The van der Waals surface area contributed by atoms with Crippen molar-refractivity contribution in [3.05, 3.63) is 24.2 Å². The highest BCUT2D eigenvalue weighted by Gasteiger charge is 2.01. The van der Waals surface area contributed by atoms with Gasteiger partial charge in [0.25, 0.3) is 0 Å². The summed E-state index contributed by atoms with van der Waals surface area (Å²) in [5, 5.41) is 0.993. The first kappa shape index (κ1) is 8.27. The average molecular weight is 166 g/mol. The van der Waals surface area contributed by atoms with Gasteiger partial charge in [0.05, 0.1) is 0 Å². The number of thioether (sulfide) groups is 1. The lowest BCUT2D eigenvalue weighted by Crippen LogP contribution is -1.91. The number of hydrogen-bond acceptors (Lipinski definition) is 3. The zero-order valence-corrected chi connectivity index (χ0v) is 7.48. The minimum absolute atomic E-state index is 0.986. The van der Waals surface area contributed by atoms with Crippen LogP contribution in [0.25, 0.3) is 6.08 Å². The first-order valence-electron chi connectivity index (χ1n) is 3.27. The number of nitrogens with zero attached hydrogens (tertiary/aromatic N) is 2. The van der Waals surface area contributed by atoms with Crippen molar-refractivity contribution < 1.29 is 0 Å². The normalized spacial score (nSPS) is 9.64. The minimum atomic E-state index is 0.986. The molecule has 1 aromatic rings. The molecule has 1 rings (SSSR count). The second-order valence-electron chi connectivity index (χ2n) is 2.09. The van der Waals surface area contributed by atoms with Crippen LogP contribution in [0.5, 0.6) is 0 Å². The minimum Gasteiger partial charge on any atom is -0.241 e. The van der Waals surface area contributed by atoms with E-state index in [9.17, 15) is 0 Å². The van der Waals surface area contributed by atoms with Gasteiger partial charge in [0.1, 0.15) is 11.4 Å². The van der Waals surface area contributed by atoms with Crippen LogP contribution in [0.1, 0.15) is 11.3 Å². The van der Waals surface area contributed by atoms with Crippen LogP contribution in [0.2, 0.25) is 0 Å². The predicted molar refractivity (Wildman–Crippen MR) is 48.6 cm³/mol. The molecule has 0 bridgehead atoms. The van der Waals surface area contributed by atoms with E-state index < -0.39 is 0 Å². The van der Waals surface area contributed by atoms with Crippen LogP contribution in [0.4, 0.5) is 0 Å². The number of aromatic nitrogens is 2. The predicted octanol–water partition coefficient (Wildman–Crippen LogP) is 2.15. The van der Waals surface area contributed by atoms with Gasteiger partial charge in [0.15, 0.2) is 0 Å². The summed E-state index contributed by atoms with van der Waals surface area (Å²) in [5.74, 6) is 0. The van der Waals surface area contributed by atoms with Crippen LogP contribution >= 0.6 is 11.8 Å². The van der Waals surface area contributed by atoms with Gasteiger partial charge in [-0.3, -0.25) is 0 Å². The van der Waals surface area contributed by atoms with E-state index in [0.717, 1.165) is 16.3 Å². The molecule has 0 fully saturated rings. The van der Waals surface area contributed by atoms with Crippen molar-refractivity contribution in [2.75, 3.05) is 6.26 Å². The van der Waals surface area contributed by atoms with Crippen LogP contribution < -0.4 is 0 Å². The molecule has 0 saturated carbocycles. The van der Waals surface area contributed by atoms with Gasteiger partial charge in [-0.25, -0.2) is 9.97 Å². The Balaban J connectivity index is 3.24. The standard InChI is InChI=1S/C8H10N2S/c1-4-7-6(2)9-5-10-8(7)11-3/h4-5H,1H2,2-3H3. The lowest BCUT2D eigenvalue weighted by Gasteiger charge is -2.02. The third kappa shape index (κ3) is 1.60. The summed E-state index contributed by atoms with van der Waals surface area (Å²) in [4.78, 5) is 8.17. The Kier molecular flexibility index (Phi) is 2.65. The Bertz CT molecular complexity index is 271. The van der Waals surface area contributed by atoms with Crippen molar-refractivity contribution in [3.8, 4) is 0 Å². The van der Waals surface area contributed by atoms with Crippen molar-refractivity contribution >= 4 is 17.8 Å². The molecule has 0 radical (unpaired) electrons. The maximum absolute atomic E-state index is 4.11. The molecule has 0 unspecified atom stereocenters. The van der Waals surface area contributed by atoms with E-state index in [2.05, 4.69) is 16.5 Å². The van der Waals surface area contributed by atoms with Crippen LogP contribution in [-0.4, -0.2) is 16.2 Å². The third-order valence-electron chi connectivity index (χ3n) is 1.44. The molecular weight excluding hydrogens is 156 g/mol. The van der Waals surface area contributed by atoms with E-state index in [-0.39, 0.29) is 0 Å². The van der Waals surface area contributed by atoms with Crippen LogP contribution in [0.3, 0.4) is 0 Å². The fourth-order valence-electron chi connectivity index (χ4n) is 0.859. The van der Waals surface area contributed by atoms with Gasteiger partial charge in [0, 0.05) is 11.3 Å². The molecule has 0 saturated heterocycles. The highest BCUT2D eigenvalue weighted by Crippen LogP contribution is 2.19. The fourth-order valence-corrected chi connectivity index (χ4v) is 1.46. The second kappa shape index (κ2) is 3.53. The van der Waals surface area contributed by atoms with Crippen molar-refractivity contribution in [1.82, 2.24) is 9.97 Å². The Morgan fingerprint density at radius 1 is 1.55 bits per heavy atom. The van der Waals surface area contributed by atoms with Gasteiger partial charge in [-0.1, -0.05) is 12.7 Å². The highest BCUT2D eigenvalue weighted by atomic mass is 32.2. The van der Waals surface area contributed by atoms with Crippen LogP contribution in [0.15, 0.2) is 17.9 Å². The molecule has 0 aliphatic heterocycles. The summed E-state index contributed by atoms with van der Waals surface area (Å²) >= 11 is 1.61. The molecule has 0 atom stereocenters. The average Bonchev–Trinajstić information content (AvgIpc) is 2.04. The topological polar surface area (TPSA) is 25.8 Å². The number of hydrogen-bond donors (Lipinski definition) is 0. The van der Waals surface area contributed by atoms with E-state index in [1.54, 1.807) is 24.2 Å². The van der Waals surface area contributed by atoms with Crippen molar-refractivity contribution in [3.63, 3.8) is 0 Å². The van der Waals surface area contributed by atoms with Gasteiger partial charge >= 0.3 is 0 Å². The van der Waals surface area contributed by atoms with Crippen LogP contribution in [-0.2, 0) is 0 Å². The molecule has 1 aromatic heterocycles. The number of aryl methyl sites for hydroxylation is 1. The largest absolute Gasteiger partial charge is 0.241 e. The molecule has 0 aliphatic rings. The van der Waals surface area contributed by atoms with Gasteiger partial charge in [-0.05, 0) is 13.2 Å². The maximum Gasteiger partial charge on any atom is 0.117 e. The smallest absolute Gasteiger partial charge is 0.117 e. The first-order valence-corrected chi connectivity index (χ1v) is 4.50. The highest BCUT2D eigenvalue weighted by molar-refractivity contribution is 7.98. The van der Waals surface area contributed by atoms with Gasteiger partial charge in [-0.15, -0.1) is 11.8 Å². The van der Waals surface area contributed by atoms with Crippen molar-refractivity contribution in [2.24, 2.45) is 0 Å². The molecule has 3 heteroatoms. The number of rotatable bonds is 2. The van der Waals surface area contributed by atoms with Crippen LogP contribution in [0, 0.1) is 6.92 Å². The maximum atomic E-state index is 4.11. The monoisotopic (exact) mass is 166 g/mol. The first-order chi connectivity index (χ1) is 5.29. The molecule has 1 heterocycles. The molecular formula is C8H10N2S. The Morgan fingerprint density at radius 3 is 2.73 bits per heavy atom. The van der Waals surface area contributed by atoms with Gasteiger partial charge < -0.3 is 0 Å². The SMILES string of the molecule is C=Cc1c(C)ncnc1SC. The van der Waals surface area contributed by atoms with Crippen molar-refractivity contribution in [2.45, 2.75) is 11.9 Å². The lowest BCUT2D eigenvalue weighted by atomic mass is 10.2. The molecule has 0 N–H and O–H groups in total. The van der Waals surface area contributed by atoms with E-state index in [1.165, 1.54) is 0 Å². The second-order valence-corrected chi connectivity index (χ2v) is 2.88. The summed E-state index contributed by atoms with van der Waals surface area (Å²) < 4.78 is 0. The Hall–Kier alpha value is -0.830. The van der Waals surface area contributed by atoms with Gasteiger partial charge in [0.2, 0.25) is 0 Å². The van der Waals surface area contributed by atoms with Gasteiger partial charge in [-0.2, -0.15) is 0 Å². The van der Waals surface area contributed by atoms with E-state index in [4.69, 9.17) is 0 Å². The van der Waals surface area contributed by atoms with Crippen molar-refractivity contribution in [1.29, 1.82) is 0 Å². The zero-order valence-electron chi connectivity index (χ0n) is 6.66. The quantitative estimate of drug-likeness (QED) is 0.497. The van der Waals surface area contributed by atoms with E-state index in [1.807, 2.05) is 13.2 Å². The zero-order chi connectivity index (χ0) is 8.27. The van der Waals surface area contributed by atoms with E-state index >= 15 is 0 Å². The molecule has 58 valence electrons. The molecule has 2 nitrogen and oxygen atoms in total. The molecule has 0 amide bonds. The summed E-state index contributed by atoms with van der Waals surface area (Å²) in [5.41, 5.74) is 2.03. The summed E-state index contributed by atoms with van der Waals surface area (Å²) in [7, 11) is 0. The molecule has 11 heavy (non-hydrogen) atoms. The summed E-state index contributed by atoms with van der Waals surface area (Å²) in [6.45, 7) is 5.66.